The predicted octanol–water partition coefficient (Wildman–Crippen LogP) is 3.03. The summed E-state index contributed by atoms with van der Waals surface area (Å²) in [6.07, 6.45) is 6.73. The highest BCUT2D eigenvalue weighted by atomic mass is 19.1. The Bertz CT molecular complexity index is 364. The molecule has 1 aromatic carbocycles. The van der Waals surface area contributed by atoms with Crippen LogP contribution in [-0.4, -0.2) is 18.0 Å². The quantitative estimate of drug-likeness (QED) is 0.336. The van der Waals surface area contributed by atoms with Crippen molar-refractivity contribution in [2.45, 2.75) is 12.8 Å². The molecule has 0 radical (unpaired) electrons. The standard InChI is InChI=1S/C12H15FN2O/c13-11-6-5-7-12(10-11)14-8-3-1-2-4-9-15-16/h2,4-7,9-10,14,16H,1,3,8H2/b4-2-,15-9+. The summed E-state index contributed by atoms with van der Waals surface area (Å²) in [6.45, 7) is 0.782. The van der Waals surface area contributed by atoms with E-state index >= 15 is 0 Å². The number of halogens is 1. The number of benzene rings is 1. The maximum atomic E-state index is 12.8. The van der Waals surface area contributed by atoms with Gasteiger partial charge in [0, 0.05) is 12.2 Å². The van der Waals surface area contributed by atoms with Crippen LogP contribution >= 0.6 is 0 Å². The highest BCUT2D eigenvalue weighted by molar-refractivity contribution is 5.70. The van der Waals surface area contributed by atoms with E-state index < -0.39 is 0 Å². The molecular formula is C12H15FN2O. The van der Waals surface area contributed by atoms with Gasteiger partial charge in [0.05, 0.1) is 6.21 Å². The molecule has 0 unspecified atom stereocenters. The lowest BCUT2D eigenvalue weighted by Crippen LogP contribution is -2.00. The van der Waals surface area contributed by atoms with Gasteiger partial charge in [0.15, 0.2) is 0 Å². The normalized spacial score (nSPS) is 11.3. The highest BCUT2D eigenvalue weighted by Gasteiger charge is 1.92. The Morgan fingerprint density at radius 1 is 1.44 bits per heavy atom. The molecular weight excluding hydrogens is 207 g/mol. The molecule has 0 fully saturated rings. The summed E-state index contributed by atoms with van der Waals surface area (Å²) in [5.41, 5.74) is 0.793. The van der Waals surface area contributed by atoms with E-state index in [-0.39, 0.29) is 5.82 Å². The van der Waals surface area contributed by atoms with E-state index in [9.17, 15) is 4.39 Å². The molecule has 0 aliphatic heterocycles. The third-order valence-corrected chi connectivity index (χ3v) is 1.99. The number of unbranched alkanes of at least 4 members (excludes halogenated alkanes) is 1. The molecule has 0 aliphatic carbocycles. The SMILES string of the molecule is O/N=C/C=C\CCCNc1cccc(F)c1. The number of nitrogens with zero attached hydrogens (tertiary/aromatic N) is 1. The third kappa shape index (κ3) is 5.14. The minimum absolute atomic E-state index is 0.232. The second kappa shape index (κ2) is 7.45. The fourth-order valence-electron chi connectivity index (χ4n) is 1.25. The molecule has 3 nitrogen and oxygen atoms in total. The van der Waals surface area contributed by atoms with Crippen molar-refractivity contribution in [1.82, 2.24) is 0 Å². The van der Waals surface area contributed by atoms with Gasteiger partial charge >= 0.3 is 0 Å². The van der Waals surface area contributed by atoms with Gasteiger partial charge in [0.25, 0.3) is 0 Å². The molecule has 2 N–H and O–H groups in total. The average Bonchev–Trinajstić information content (AvgIpc) is 2.28. The Balaban J connectivity index is 2.16. The van der Waals surface area contributed by atoms with Crippen molar-refractivity contribution in [1.29, 1.82) is 0 Å². The number of oxime groups is 1. The number of hydrogen-bond donors (Lipinski definition) is 2. The van der Waals surface area contributed by atoms with E-state index in [1.54, 1.807) is 12.1 Å². The third-order valence-electron chi connectivity index (χ3n) is 1.99. The van der Waals surface area contributed by atoms with Gasteiger partial charge in [-0.05, 0) is 37.1 Å². The van der Waals surface area contributed by atoms with Crippen molar-refractivity contribution in [3.05, 3.63) is 42.2 Å². The number of hydrogen-bond acceptors (Lipinski definition) is 3. The Morgan fingerprint density at radius 3 is 3.06 bits per heavy atom. The van der Waals surface area contributed by atoms with Crippen LogP contribution in [0.2, 0.25) is 0 Å². The van der Waals surface area contributed by atoms with Crippen LogP contribution in [0.5, 0.6) is 0 Å². The van der Waals surface area contributed by atoms with Gasteiger partial charge in [-0.15, -0.1) is 0 Å². The summed E-state index contributed by atoms with van der Waals surface area (Å²) in [5.74, 6) is -0.232. The van der Waals surface area contributed by atoms with Crippen molar-refractivity contribution in [3.63, 3.8) is 0 Å². The van der Waals surface area contributed by atoms with Crippen molar-refractivity contribution in [2.24, 2.45) is 5.16 Å². The Morgan fingerprint density at radius 2 is 2.31 bits per heavy atom. The number of nitrogens with one attached hydrogen (secondary N) is 1. The van der Waals surface area contributed by atoms with Crippen molar-refractivity contribution in [2.75, 3.05) is 11.9 Å². The second-order valence-corrected chi connectivity index (χ2v) is 3.27. The van der Waals surface area contributed by atoms with Crippen LogP contribution in [0.3, 0.4) is 0 Å². The zero-order valence-corrected chi connectivity index (χ0v) is 8.94. The van der Waals surface area contributed by atoms with Crippen LogP contribution in [0.15, 0.2) is 41.6 Å². The van der Waals surface area contributed by atoms with Gasteiger partial charge in [0.1, 0.15) is 5.82 Å². The van der Waals surface area contributed by atoms with Crippen molar-refractivity contribution in [3.8, 4) is 0 Å². The fourth-order valence-corrected chi connectivity index (χ4v) is 1.25. The molecule has 0 amide bonds. The van der Waals surface area contributed by atoms with Crippen LogP contribution in [0.4, 0.5) is 10.1 Å². The van der Waals surface area contributed by atoms with Crippen LogP contribution in [0.1, 0.15) is 12.8 Å². The van der Waals surface area contributed by atoms with Gasteiger partial charge in [-0.2, -0.15) is 0 Å². The first-order valence-electron chi connectivity index (χ1n) is 5.15. The van der Waals surface area contributed by atoms with E-state index in [0.29, 0.717) is 0 Å². The molecule has 0 bridgehead atoms. The summed E-state index contributed by atoms with van der Waals surface area (Å²) in [7, 11) is 0. The lowest BCUT2D eigenvalue weighted by Gasteiger charge is -2.04. The molecule has 0 aromatic heterocycles. The first kappa shape index (κ1) is 12.2. The van der Waals surface area contributed by atoms with E-state index in [0.717, 1.165) is 25.1 Å². The zero-order chi connectivity index (χ0) is 11.6. The number of rotatable bonds is 6. The summed E-state index contributed by atoms with van der Waals surface area (Å²) < 4.78 is 12.8. The van der Waals surface area contributed by atoms with Crippen LogP contribution in [-0.2, 0) is 0 Å². The second-order valence-electron chi connectivity index (χ2n) is 3.27. The summed E-state index contributed by atoms with van der Waals surface area (Å²) in [4.78, 5) is 0. The molecule has 0 spiro atoms. The lowest BCUT2D eigenvalue weighted by atomic mass is 10.2. The molecule has 0 atom stereocenters. The van der Waals surface area contributed by atoms with Gasteiger partial charge < -0.3 is 10.5 Å². The molecule has 86 valence electrons. The average molecular weight is 222 g/mol. The highest BCUT2D eigenvalue weighted by Crippen LogP contribution is 2.08. The molecule has 0 saturated heterocycles. The van der Waals surface area contributed by atoms with Crippen molar-refractivity contribution < 1.29 is 9.60 Å². The maximum Gasteiger partial charge on any atom is 0.125 e. The van der Waals surface area contributed by atoms with E-state index in [4.69, 9.17) is 5.21 Å². The fraction of sp³-hybridized carbons (Fsp3) is 0.250. The molecule has 0 aliphatic rings. The number of anilines is 1. The summed E-state index contributed by atoms with van der Waals surface area (Å²) >= 11 is 0. The molecule has 1 rings (SSSR count). The molecule has 1 aromatic rings. The maximum absolute atomic E-state index is 12.8. The van der Waals surface area contributed by atoms with E-state index in [1.165, 1.54) is 18.3 Å². The Kier molecular flexibility index (Phi) is 5.70. The minimum atomic E-state index is -0.232. The summed E-state index contributed by atoms with van der Waals surface area (Å²) in [5, 5.41) is 14.1. The zero-order valence-electron chi connectivity index (χ0n) is 8.94. The Labute approximate surface area is 94.3 Å². The van der Waals surface area contributed by atoms with Crippen molar-refractivity contribution >= 4 is 11.9 Å². The van der Waals surface area contributed by atoms with Crippen LogP contribution < -0.4 is 5.32 Å². The first-order chi connectivity index (χ1) is 7.83. The first-order valence-corrected chi connectivity index (χ1v) is 5.15. The van der Waals surface area contributed by atoms with Crippen LogP contribution in [0.25, 0.3) is 0 Å². The predicted molar refractivity (Wildman–Crippen MR) is 63.5 cm³/mol. The monoisotopic (exact) mass is 222 g/mol. The van der Waals surface area contributed by atoms with Gasteiger partial charge in [-0.1, -0.05) is 17.3 Å². The number of allylic oxidation sites excluding steroid dienone is 2. The Hall–Kier alpha value is -1.84. The smallest absolute Gasteiger partial charge is 0.125 e. The topological polar surface area (TPSA) is 44.6 Å². The molecule has 0 heterocycles. The van der Waals surface area contributed by atoms with Gasteiger partial charge in [-0.25, -0.2) is 4.39 Å². The van der Waals surface area contributed by atoms with E-state index in [2.05, 4.69) is 10.5 Å². The van der Waals surface area contributed by atoms with Gasteiger partial charge in [0.2, 0.25) is 0 Å². The largest absolute Gasteiger partial charge is 0.411 e. The molecule has 16 heavy (non-hydrogen) atoms. The molecule has 4 heteroatoms. The van der Waals surface area contributed by atoms with Crippen LogP contribution in [0, 0.1) is 5.82 Å². The van der Waals surface area contributed by atoms with Gasteiger partial charge in [-0.3, -0.25) is 0 Å². The molecule has 0 saturated carbocycles. The van der Waals surface area contributed by atoms with E-state index in [1.807, 2.05) is 12.1 Å². The summed E-state index contributed by atoms with van der Waals surface area (Å²) in [6, 6.07) is 6.39. The minimum Gasteiger partial charge on any atom is -0.411 e. The lowest BCUT2D eigenvalue weighted by molar-refractivity contribution is 0.322.